The van der Waals surface area contributed by atoms with Crippen molar-refractivity contribution in [1.82, 2.24) is 0 Å². The molecule has 0 radical (unpaired) electrons. The van der Waals surface area contributed by atoms with Gasteiger partial charge in [-0.2, -0.15) is 5.26 Å². The number of carbonyl (C=O) groups excluding carboxylic acids is 1. The Bertz CT molecular complexity index is 1530. The van der Waals surface area contributed by atoms with Gasteiger partial charge in [0.05, 0.1) is 11.5 Å². The van der Waals surface area contributed by atoms with Crippen LogP contribution < -0.4 is 19.9 Å². The Balaban J connectivity index is 1.39. The molecule has 5 rings (SSSR count). The van der Waals surface area contributed by atoms with Crippen LogP contribution in [0.1, 0.15) is 33.0 Å². The van der Waals surface area contributed by atoms with Crippen LogP contribution in [0.5, 0.6) is 17.2 Å². The summed E-state index contributed by atoms with van der Waals surface area (Å²) in [6.45, 7) is 0.0902. The summed E-state index contributed by atoms with van der Waals surface area (Å²) in [5.41, 5.74) is 8.72. The smallest absolute Gasteiger partial charge is 0.343 e. The number of nitriles is 1. The van der Waals surface area contributed by atoms with Crippen LogP contribution in [0.3, 0.4) is 0 Å². The average molecular weight is 493 g/mol. The summed E-state index contributed by atoms with van der Waals surface area (Å²) in [6.07, 6.45) is 0. The van der Waals surface area contributed by atoms with Gasteiger partial charge in [-0.1, -0.05) is 54.6 Å². The Kier molecular flexibility index (Phi) is 6.56. The quantitative estimate of drug-likeness (QED) is 0.268. The van der Waals surface area contributed by atoms with Crippen molar-refractivity contribution in [3.05, 3.63) is 137 Å². The number of carbonyl (C=O) groups is 1. The lowest BCUT2D eigenvalue weighted by molar-refractivity contribution is 0.0734. The maximum Gasteiger partial charge on any atom is 0.343 e. The van der Waals surface area contributed by atoms with Crippen molar-refractivity contribution >= 4 is 5.97 Å². The van der Waals surface area contributed by atoms with E-state index in [-0.39, 0.29) is 29.6 Å². The molecule has 0 saturated heterocycles. The molecule has 1 aliphatic heterocycles. The van der Waals surface area contributed by atoms with Gasteiger partial charge in [-0.15, -0.1) is 0 Å². The van der Waals surface area contributed by atoms with Crippen LogP contribution in [0, 0.1) is 17.1 Å². The molecule has 4 aromatic rings. The Morgan fingerprint density at radius 2 is 1.65 bits per heavy atom. The van der Waals surface area contributed by atoms with Crippen LogP contribution in [-0.2, 0) is 6.61 Å². The summed E-state index contributed by atoms with van der Waals surface area (Å²) in [5.74, 6) is -0.111. The molecule has 37 heavy (non-hydrogen) atoms. The second-order valence-corrected chi connectivity index (χ2v) is 8.33. The number of rotatable bonds is 6. The van der Waals surface area contributed by atoms with Crippen molar-refractivity contribution < 1.29 is 23.4 Å². The number of nitrogens with two attached hydrogens (primary N) is 1. The van der Waals surface area contributed by atoms with Crippen LogP contribution in [-0.4, -0.2) is 5.97 Å². The van der Waals surface area contributed by atoms with Crippen molar-refractivity contribution in [1.29, 1.82) is 5.26 Å². The minimum Gasteiger partial charge on any atom is -0.489 e. The second kappa shape index (κ2) is 10.3. The summed E-state index contributed by atoms with van der Waals surface area (Å²) < 4.78 is 30.8. The maximum absolute atomic E-state index is 13.9. The SMILES string of the molecule is N#CC1=C(N)Oc2cc(OC(=O)c3ccccc3)ccc2C1c1ccc(OCc2ccccc2F)cc1. The van der Waals surface area contributed by atoms with Crippen molar-refractivity contribution in [2.24, 2.45) is 5.73 Å². The molecule has 6 nitrogen and oxygen atoms in total. The summed E-state index contributed by atoms with van der Waals surface area (Å²) in [6, 6.07) is 29.4. The summed E-state index contributed by atoms with van der Waals surface area (Å²) in [7, 11) is 0. The first-order valence-electron chi connectivity index (χ1n) is 11.5. The largest absolute Gasteiger partial charge is 0.489 e. The highest BCUT2D eigenvalue weighted by Crippen LogP contribution is 2.43. The van der Waals surface area contributed by atoms with Crippen LogP contribution >= 0.6 is 0 Å². The third kappa shape index (κ3) is 5.00. The Hall–Kier alpha value is -5.09. The highest BCUT2D eigenvalue weighted by molar-refractivity contribution is 5.91. The Labute approximate surface area is 212 Å². The van der Waals surface area contributed by atoms with Gasteiger partial charge in [0.1, 0.15) is 41.3 Å². The molecule has 0 saturated carbocycles. The lowest BCUT2D eigenvalue weighted by Gasteiger charge is -2.26. The van der Waals surface area contributed by atoms with Gasteiger partial charge in [0.2, 0.25) is 5.88 Å². The van der Waals surface area contributed by atoms with Crippen LogP contribution in [0.4, 0.5) is 4.39 Å². The first-order valence-corrected chi connectivity index (χ1v) is 11.5. The van der Waals surface area contributed by atoms with Crippen molar-refractivity contribution in [2.45, 2.75) is 12.5 Å². The van der Waals surface area contributed by atoms with E-state index in [4.69, 9.17) is 19.9 Å². The van der Waals surface area contributed by atoms with Gasteiger partial charge in [-0.25, -0.2) is 9.18 Å². The lowest BCUT2D eigenvalue weighted by Crippen LogP contribution is -2.21. The number of allylic oxidation sites excluding steroid dienone is 1. The van der Waals surface area contributed by atoms with E-state index in [1.54, 1.807) is 72.8 Å². The fourth-order valence-corrected chi connectivity index (χ4v) is 4.12. The van der Waals surface area contributed by atoms with Crippen molar-refractivity contribution in [3.8, 4) is 23.3 Å². The molecular weight excluding hydrogens is 471 g/mol. The first-order chi connectivity index (χ1) is 18.0. The molecule has 1 unspecified atom stereocenters. The molecule has 0 spiro atoms. The minimum absolute atomic E-state index is 0.0218. The molecule has 1 heterocycles. The van der Waals surface area contributed by atoms with Gasteiger partial charge in [0.15, 0.2) is 0 Å². The third-order valence-corrected chi connectivity index (χ3v) is 5.98. The Morgan fingerprint density at radius 3 is 2.38 bits per heavy atom. The third-order valence-electron chi connectivity index (χ3n) is 5.98. The summed E-state index contributed by atoms with van der Waals surface area (Å²) in [5, 5.41) is 9.81. The lowest BCUT2D eigenvalue weighted by atomic mass is 9.83. The number of hydrogen-bond donors (Lipinski definition) is 1. The van der Waals surface area contributed by atoms with Gasteiger partial charge in [-0.3, -0.25) is 0 Å². The topological polar surface area (TPSA) is 94.6 Å². The Morgan fingerprint density at radius 1 is 0.946 bits per heavy atom. The zero-order valence-corrected chi connectivity index (χ0v) is 19.6. The monoisotopic (exact) mass is 492 g/mol. The van der Waals surface area contributed by atoms with E-state index < -0.39 is 11.9 Å². The van der Waals surface area contributed by atoms with E-state index in [1.807, 2.05) is 18.2 Å². The van der Waals surface area contributed by atoms with Gasteiger partial charge < -0.3 is 19.9 Å². The zero-order valence-electron chi connectivity index (χ0n) is 19.6. The average Bonchev–Trinajstić information content (AvgIpc) is 2.92. The molecule has 0 aliphatic carbocycles. The fraction of sp³-hybridized carbons (Fsp3) is 0.0667. The van der Waals surface area contributed by atoms with E-state index in [1.165, 1.54) is 6.07 Å². The van der Waals surface area contributed by atoms with Crippen LogP contribution in [0.25, 0.3) is 0 Å². The molecule has 0 bridgehead atoms. The summed E-state index contributed by atoms with van der Waals surface area (Å²) in [4.78, 5) is 12.5. The normalized spacial score (nSPS) is 14.2. The maximum atomic E-state index is 13.9. The molecule has 182 valence electrons. The number of esters is 1. The van der Waals surface area contributed by atoms with Gasteiger partial charge in [0, 0.05) is 17.2 Å². The predicted octanol–water partition coefficient (Wildman–Crippen LogP) is 5.84. The van der Waals surface area contributed by atoms with Crippen LogP contribution in [0.15, 0.2) is 109 Å². The molecule has 2 N–H and O–H groups in total. The molecule has 1 atom stereocenters. The molecule has 1 aliphatic rings. The number of ether oxygens (including phenoxy) is 3. The van der Waals surface area contributed by atoms with Gasteiger partial charge in [0.25, 0.3) is 0 Å². The van der Waals surface area contributed by atoms with Gasteiger partial charge >= 0.3 is 5.97 Å². The fourth-order valence-electron chi connectivity index (χ4n) is 4.12. The van der Waals surface area contributed by atoms with Crippen LogP contribution in [0.2, 0.25) is 0 Å². The number of benzene rings is 4. The minimum atomic E-state index is -0.500. The van der Waals surface area contributed by atoms with E-state index in [9.17, 15) is 14.4 Å². The van der Waals surface area contributed by atoms with Gasteiger partial charge in [-0.05, 0) is 42.0 Å². The molecule has 4 aromatic carbocycles. The first kappa shape index (κ1) is 23.6. The number of halogens is 1. The highest BCUT2D eigenvalue weighted by Gasteiger charge is 2.31. The predicted molar refractivity (Wildman–Crippen MR) is 134 cm³/mol. The van der Waals surface area contributed by atoms with E-state index in [0.717, 1.165) is 5.56 Å². The van der Waals surface area contributed by atoms with E-state index in [2.05, 4.69) is 6.07 Å². The number of nitrogens with zero attached hydrogens (tertiary/aromatic N) is 1. The number of fused-ring (bicyclic) bond motifs is 1. The van der Waals surface area contributed by atoms with E-state index >= 15 is 0 Å². The van der Waals surface area contributed by atoms with Crippen molar-refractivity contribution in [3.63, 3.8) is 0 Å². The van der Waals surface area contributed by atoms with E-state index in [0.29, 0.717) is 28.2 Å². The zero-order chi connectivity index (χ0) is 25.8. The highest BCUT2D eigenvalue weighted by atomic mass is 19.1. The standard InChI is InChI=1S/C30H21FN2O4/c31-26-9-5-4-8-21(26)18-35-22-12-10-19(11-13-22)28-24-15-14-23(16-27(24)37-29(33)25(28)17-32)36-30(34)20-6-2-1-3-7-20/h1-16,28H,18,33H2. The molecule has 0 fully saturated rings. The van der Waals surface area contributed by atoms with Crippen molar-refractivity contribution in [2.75, 3.05) is 0 Å². The molecule has 0 aromatic heterocycles. The number of hydrogen-bond acceptors (Lipinski definition) is 6. The molecular formula is C30H21FN2O4. The summed E-state index contributed by atoms with van der Waals surface area (Å²) >= 11 is 0. The molecule has 0 amide bonds. The second-order valence-electron chi connectivity index (χ2n) is 8.33. The molecule has 7 heteroatoms.